The molecule has 1 amide bonds. The van der Waals surface area contributed by atoms with Gasteiger partial charge < -0.3 is 5.32 Å². The number of fused-ring (bicyclic) bond motifs is 2. The molecule has 2 nitrogen and oxygen atoms in total. The van der Waals surface area contributed by atoms with E-state index in [1.54, 1.807) is 6.92 Å². The Hall–Kier alpha value is -0.530. The standard InChI is InChI=1S/C12H21NO/c1-8(14)13-10-5-9-6-12(10,4)7-11(9,2)3/h9-10H,5-7H2,1-4H3,(H,13,14)/t9-,10-,12-/m1/s1. The van der Waals surface area contributed by atoms with Gasteiger partial charge in [-0.3, -0.25) is 4.79 Å². The number of hydrogen-bond donors (Lipinski definition) is 1. The number of rotatable bonds is 1. The zero-order valence-electron chi connectivity index (χ0n) is 9.68. The molecule has 0 aromatic carbocycles. The minimum absolute atomic E-state index is 0.126. The molecule has 0 heterocycles. The minimum Gasteiger partial charge on any atom is -0.353 e. The maximum Gasteiger partial charge on any atom is 0.217 e. The fourth-order valence-electron chi connectivity index (χ4n) is 3.81. The quantitative estimate of drug-likeness (QED) is 0.683. The fourth-order valence-corrected chi connectivity index (χ4v) is 3.81. The van der Waals surface area contributed by atoms with Crippen molar-refractivity contribution in [3.05, 3.63) is 0 Å². The molecule has 0 aromatic heterocycles. The first-order chi connectivity index (χ1) is 6.33. The predicted octanol–water partition coefficient (Wildman–Crippen LogP) is 2.34. The first-order valence-corrected chi connectivity index (χ1v) is 5.61. The van der Waals surface area contributed by atoms with E-state index in [4.69, 9.17) is 0 Å². The van der Waals surface area contributed by atoms with Crippen LogP contribution >= 0.6 is 0 Å². The van der Waals surface area contributed by atoms with Crippen LogP contribution in [0.4, 0.5) is 0 Å². The number of hydrogen-bond acceptors (Lipinski definition) is 1. The van der Waals surface area contributed by atoms with Crippen LogP contribution in [0.3, 0.4) is 0 Å². The van der Waals surface area contributed by atoms with Crippen molar-refractivity contribution in [2.75, 3.05) is 0 Å². The van der Waals surface area contributed by atoms with Gasteiger partial charge in [0, 0.05) is 13.0 Å². The van der Waals surface area contributed by atoms with Crippen LogP contribution in [0.15, 0.2) is 0 Å². The maximum absolute atomic E-state index is 11.1. The van der Waals surface area contributed by atoms with Crippen LogP contribution in [0.2, 0.25) is 0 Å². The van der Waals surface area contributed by atoms with Gasteiger partial charge in [-0.1, -0.05) is 20.8 Å². The molecule has 0 aliphatic heterocycles. The predicted molar refractivity (Wildman–Crippen MR) is 56.8 cm³/mol. The van der Waals surface area contributed by atoms with E-state index in [0.29, 0.717) is 16.9 Å². The van der Waals surface area contributed by atoms with Crippen LogP contribution < -0.4 is 5.32 Å². The Morgan fingerprint density at radius 3 is 2.36 bits per heavy atom. The Morgan fingerprint density at radius 2 is 2.00 bits per heavy atom. The van der Waals surface area contributed by atoms with Gasteiger partial charge in [0.15, 0.2) is 0 Å². The highest BCUT2D eigenvalue weighted by Gasteiger charge is 2.57. The summed E-state index contributed by atoms with van der Waals surface area (Å²) >= 11 is 0. The lowest BCUT2D eigenvalue weighted by Crippen LogP contribution is -2.45. The van der Waals surface area contributed by atoms with Crippen molar-refractivity contribution >= 4 is 5.91 Å². The average Bonchev–Trinajstić information content (AvgIpc) is 2.35. The zero-order valence-corrected chi connectivity index (χ0v) is 9.68. The van der Waals surface area contributed by atoms with Crippen molar-refractivity contribution in [1.82, 2.24) is 5.32 Å². The summed E-state index contributed by atoms with van der Waals surface area (Å²) < 4.78 is 0. The minimum atomic E-state index is 0.126. The van der Waals surface area contributed by atoms with Crippen molar-refractivity contribution in [3.63, 3.8) is 0 Å². The topological polar surface area (TPSA) is 29.1 Å². The molecular weight excluding hydrogens is 174 g/mol. The van der Waals surface area contributed by atoms with Gasteiger partial charge in [0.2, 0.25) is 5.91 Å². The lowest BCUT2D eigenvalue weighted by atomic mass is 9.70. The van der Waals surface area contributed by atoms with E-state index in [-0.39, 0.29) is 5.91 Å². The summed E-state index contributed by atoms with van der Waals surface area (Å²) in [7, 11) is 0. The van der Waals surface area contributed by atoms with Gasteiger partial charge in [0.1, 0.15) is 0 Å². The molecule has 0 radical (unpaired) electrons. The maximum atomic E-state index is 11.1. The molecule has 2 rings (SSSR count). The van der Waals surface area contributed by atoms with E-state index in [1.165, 1.54) is 19.3 Å². The molecule has 0 spiro atoms. The van der Waals surface area contributed by atoms with Crippen LogP contribution in [0.5, 0.6) is 0 Å². The second-order valence-electron chi connectivity index (χ2n) is 6.21. The first-order valence-electron chi connectivity index (χ1n) is 5.61. The smallest absolute Gasteiger partial charge is 0.217 e. The first kappa shape index (κ1) is 10.0. The largest absolute Gasteiger partial charge is 0.353 e. The van der Waals surface area contributed by atoms with Gasteiger partial charge in [-0.15, -0.1) is 0 Å². The van der Waals surface area contributed by atoms with Crippen molar-refractivity contribution in [1.29, 1.82) is 0 Å². The molecule has 80 valence electrons. The summed E-state index contributed by atoms with van der Waals surface area (Å²) in [4.78, 5) is 11.1. The third-order valence-electron chi connectivity index (χ3n) is 4.42. The van der Waals surface area contributed by atoms with Crippen LogP contribution in [-0.4, -0.2) is 11.9 Å². The van der Waals surface area contributed by atoms with E-state index in [9.17, 15) is 4.79 Å². The third-order valence-corrected chi connectivity index (χ3v) is 4.42. The van der Waals surface area contributed by atoms with E-state index in [0.717, 1.165) is 5.92 Å². The Balaban J connectivity index is 2.12. The molecule has 14 heavy (non-hydrogen) atoms. The molecule has 0 saturated heterocycles. The van der Waals surface area contributed by atoms with Crippen molar-refractivity contribution < 1.29 is 4.79 Å². The summed E-state index contributed by atoms with van der Waals surface area (Å²) in [5.74, 6) is 0.936. The van der Waals surface area contributed by atoms with Crippen molar-refractivity contribution in [2.45, 2.75) is 53.0 Å². The van der Waals surface area contributed by atoms with Gasteiger partial charge in [-0.25, -0.2) is 0 Å². The van der Waals surface area contributed by atoms with E-state index in [1.807, 2.05) is 0 Å². The Bertz CT molecular complexity index is 271. The van der Waals surface area contributed by atoms with Gasteiger partial charge in [-0.05, 0) is 36.0 Å². The van der Waals surface area contributed by atoms with Crippen LogP contribution in [-0.2, 0) is 4.79 Å². The lowest BCUT2D eigenvalue weighted by Gasteiger charge is -2.39. The summed E-state index contributed by atoms with van der Waals surface area (Å²) in [5.41, 5.74) is 0.851. The average molecular weight is 195 g/mol. The zero-order chi connectivity index (χ0) is 10.6. The van der Waals surface area contributed by atoms with Gasteiger partial charge in [0.25, 0.3) is 0 Å². The van der Waals surface area contributed by atoms with Gasteiger partial charge >= 0.3 is 0 Å². The number of carbonyl (C=O) groups is 1. The Kier molecular flexibility index (Phi) is 1.96. The molecule has 0 unspecified atom stereocenters. The molecule has 3 atom stereocenters. The van der Waals surface area contributed by atoms with E-state index in [2.05, 4.69) is 26.1 Å². The highest BCUT2D eigenvalue weighted by Crippen LogP contribution is 2.62. The molecule has 1 N–H and O–H groups in total. The summed E-state index contributed by atoms with van der Waals surface area (Å²) in [5, 5.41) is 3.11. The molecule has 2 fully saturated rings. The summed E-state index contributed by atoms with van der Waals surface area (Å²) in [6, 6.07) is 0.429. The molecule has 2 aliphatic rings. The highest BCUT2D eigenvalue weighted by atomic mass is 16.1. The molecule has 2 aliphatic carbocycles. The molecule has 2 saturated carbocycles. The summed E-state index contributed by atoms with van der Waals surface area (Å²) in [6.45, 7) is 8.70. The van der Waals surface area contributed by atoms with Crippen LogP contribution in [0.1, 0.15) is 47.0 Å². The second kappa shape index (κ2) is 2.74. The van der Waals surface area contributed by atoms with E-state index >= 15 is 0 Å². The van der Waals surface area contributed by atoms with Gasteiger partial charge in [0.05, 0.1) is 0 Å². The number of amides is 1. The third kappa shape index (κ3) is 1.35. The highest BCUT2D eigenvalue weighted by molar-refractivity contribution is 5.73. The van der Waals surface area contributed by atoms with E-state index < -0.39 is 0 Å². The molecular formula is C12H21NO. The molecule has 2 heteroatoms. The lowest BCUT2D eigenvalue weighted by molar-refractivity contribution is -0.120. The monoisotopic (exact) mass is 195 g/mol. The SMILES string of the molecule is CC(=O)N[C@@H]1C[C@@H]2C[C@]1(C)CC2(C)C. The Morgan fingerprint density at radius 1 is 1.36 bits per heavy atom. The van der Waals surface area contributed by atoms with Crippen molar-refractivity contribution in [2.24, 2.45) is 16.7 Å². The van der Waals surface area contributed by atoms with Gasteiger partial charge in [-0.2, -0.15) is 0 Å². The number of nitrogens with one attached hydrogen (secondary N) is 1. The molecule has 2 bridgehead atoms. The fraction of sp³-hybridized carbons (Fsp3) is 0.917. The van der Waals surface area contributed by atoms with Crippen LogP contribution in [0.25, 0.3) is 0 Å². The number of carbonyl (C=O) groups excluding carboxylic acids is 1. The normalized spacial score (nSPS) is 44.0. The van der Waals surface area contributed by atoms with Crippen LogP contribution in [0, 0.1) is 16.7 Å². The second-order valence-corrected chi connectivity index (χ2v) is 6.21. The molecule has 0 aromatic rings. The van der Waals surface area contributed by atoms with Crippen molar-refractivity contribution in [3.8, 4) is 0 Å². The Labute approximate surface area is 86.5 Å². The summed E-state index contributed by atoms with van der Waals surface area (Å²) in [6.07, 6.45) is 3.74.